The molecule has 2 N–H and O–H groups in total. The largest absolute Gasteiger partial charge is 0.354 e. The van der Waals surface area contributed by atoms with Gasteiger partial charge in [0.1, 0.15) is 0 Å². The predicted octanol–water partition coefficient (Wildman–Crippen LogP) is 4.24. The number of para-hydroxylation sites is 1. The van der Waals surface area contributed by atoms with E-state index in [2.05, 4.69) is 20.7 Å². The first-order valence-electron chi connectivity index (χ1n) is 7.82. The first-order chi connectivity index (χ1) is 12.7. The second-order valence-electron chi connectivity index (χ2n) is 5.55. The first-order valence-corrected chi connectivity index (χ1v) is 9.08. The van der Waals surface area contributed by atoms with Crippen molar-refractivity contribution in [2.24, 2.45) is 0 Å². The van der Waals surface area contributed by atoms with Crippen LogP contribution in [0.15, 0.2) is 54.2 Å². The molecule has 3 heterocycles. The van der Waals surface area contributed by atoms with Crippen LogP contribution in [0.25, 0.3) is 16.7 Å². The van der Waals surface area contributed by atoms with Crippen molar-refractivity contribution in [3.63, 3.8) is 0 Å². The molecule has 0 saturated heterocycles. The maximum Gasteiger partial charge on any atom is 0.261 e. The summed E-state index contributed by atoms with van der Waals surface area (Å²) in [6.07, 6.45) is 3.48. The average Bonchev–Trinajstić information content (AvgIpc) is 3.29. The fourth-order valence-electron chi connectivity index (χ4n) is 2.58. The Bertz CT molecular complexity index is 1100. The number of anilines is 2. The van der Waals surface area contributed by atoms with Gasteiger partial charge in [-0.05, 0) is 24.3 Å². The summed E-state index contributed by atoms with van der Waals surface area (Å²) < 4.78 is 1.72. The number of hydrogen-bond acceptors (Lipinski definition) is 5. The minimum atomic E-state index is -0.114. The summed E-state index contributed by atoms with van der Waals surface area (Å²) in [4.78, 5) is 16.9. The number of nitrogens with zero attached hydrogens (tertiary/aromatic N) is 3. The van der Waals surface area contributed by atoms with Gasteiger partial charge in [-0.15, -0.1) is 11.3 Å². The SMILES string of the molecule is CNC(=O)c1cc(-n2ncc3cc(Nc4ccccc4Cl)cnc32)cs1. The zero-order valence-corrected chi connectivity index (χ0v) is 15.3. The number of halogens is 1. The number of rotatable bonds is 4. The number of benzene rings is 1. The third kappa shape index (κ3) is 3.02. The number of amides is 1. The highest BCUT2D eigenvalue weighted by Gasteiger charge is 2.12. The zero-order chi connectivity index (χ0) is 18.1. The van der Waals surface area contributed by atoms with Crippen molar-refractivity contribution in [1.82, 2.24) is 20.1 Å². The lowest BCUT2D eigenvalue weighted by Gasteiger charge is -2.08. The highest BCUT2D eigenvalue weighted by Crippen LogP contribution is 2.27. The second kappa shape index (κ2) is 6.78. The third-order valence-corrected chi connectivity index (χ3v) is 5.09. The highest BCUT2D eigenvalue weighted by molar-refractivity contribution is 7.12. The standard InChI is InChI=1S/C18H14ClN5OS/c1-20-18(25)16-7-13(10-26-16)24-17-11(8-22-24)6-12(9-21-17)23-15-5-3-2-4-14(15)19/h2-10,23H,1H3,(H,20,25). The molecule has 0 unspecified atom stereocenters. The first kappa shape index (κ1) is 16.6. The highest BCUT2D eigenvalue weighted by atomic mass is 35.5. The summed E-state index contributed by atoms with van der Waals surface area (Å²) in [5.41, 5.74) is 3.16. The molecule has 3 aromatic heterocycles. The van der Waals surface area contributed by atoms with Gasteiger partial charge >= 0.3 is 0 Å². The van der Waals surface area contributed by atoms with Crippen molar-refractivity contribution in [2.75, 3.05) is 12.4 Å². The van der Waals surface area contributed by atoms with Crippen LogP contribution in [0.2, 0.25) is 5.02 Å². The normalized spacial score (nSPS) is 10.8. The lowest BCUT2D eigenvalue weighted by Crippen LogP contribution is -2.16. The number of carbonyl (C=O) groups excluding carboxylic acids is 1. The van der Waals surface area contributed by atoms with Crippen molar-refractivity contribution in [1.29, 1.82) is 0 Å². The van der Waals surface area contributed by atoms with Crippen LogP contribution in [0.3, 0.4) is 0 Å². The van der Waals surface area contributed by atoms with Gasteiger partial charge < -0.3 is 10.6 Å². The van der Waals surface area contributed by atoms with Gasteiger partial charge in [0.15, 0.2) is 5.65 Å². The minimum Gasteiger partial charge on any atom is -0.354 e. The van der Waals surface area contributed by atoms with E-state index in [1.807, 2.05) is 35.7 Å². The van der Waals surface area contributed by atoms with Crippen LogP contribution in [0.5, 0.6) is 0 Å². The molecule has 26 heavy (non-hydrogen) atoms. The average molecular weight is 384 g/mol. The fourth-order valence-corrected chi connectivity index (χ4v) is 3.57. The summed E-state index contributed by atoms with van der Waals surface area (Å²) in [6.45, 7) is 0. The van der Waals surface area contributed by atoms with Crippen LogP contribution in [0, 0.1) is 0 Å². The summed E-state index contributed by atoms with van der Waals surface area (Å²) in [5, 5.41) is 13.7. The van der Waals surface area contributed by atoms with Crippen molar-refractivity contribution >= 4 is 51.3 Å². The Balaban J connectivity index is 1.66. The summed E-state index contributed by atoms with van der Waals surface area (Å²) in [6, 6.07) is 11.3. The van der Waals surface area contributed by atoms with Crippen LogP contribution < -0.4 is 10.6 Å². The Morgan fingerprint density at radius 2 is 2.08 bits per heavy atom. The van der Waals surface area contributed by atoms with E-state index < -0.39 is 0 Å². The number of pyridine rings is 1. The molecule has 0 atom stereocenters. The van der Waals surface area contributed by atoms with E-state index >= 15 is 0 Å². The number of thiophene rings is 1. The molecular weight excluding hydrogens is 370 g/mol. The van der Waals surface area contributed by atoms with Crippen molar-refractivity contribution < 1.29 is 4.79 Å². The van der Waals surface area contributed by atoms with E-state index in [1.54, 1.807) is 30.2 Å². The number of nitrogens with one attached hydrogen (secondary N) is 2. The molecule has 0 bridgehead atoms. The number of hydrogen-bond donors (Lipinski definition) is 2. The monoisotopic (exact) mass is 383 g/mol. The van der Waals surface area contributed by atoms with E-state index in [9.17, 15) is 4.79 Å². The van der Waals surface area contributed by atoms with E-state index in [4.69, 9.17) is 11.6 Å². The molecule has 0 aliphatic heterocycles. The fraction of sp³-hybridized carbons (Fsp3) is 0.0556. The third-order valence-electron chi connectivity index (χ3n) is 3.84. The Morgan fingerprint density at radius 1 is 1.23 bits per heavy atom. The maximum absolute atomic E-state index is 11.7. The molecule has 130 valence electrons. The van der Waals surface area contributed by atoms with Gasteiger partial charge in [0.2, 0.25) is 0 Å². The van der Waals surface area contributed by atoms with Crippen LogP contribution in [0.1, 0.15) is 9.67 Å². The van der Waals surface area contributed by atoms with Crippen molar-refractivity contribution in [2.45, 2.75) is 0 Å². The minimum absolute atomic E-state index is 0.114. The summed E-state index contributed by atoms with van der Waals surface area (Å²) in [7, 11) is 1.61. The van der Waals surface area contributed by atoms with Gasteiger partial charge in [-0.1, -0.05) is 23.7 Å². The Labute approximate surface area is 158 Å². The molecule has 1 aromatic carbocycles. The molecule has 0 radical (unpaired) electrons. The van der Waals surface area contributed by atoms with E-state index in [-0.39, 0.29) is 5.91 Å². The number of aromatic nitrogens is 3. The molecule has 0 fully saturated rings. The van der Waals surface area contributed by atoms with Gasteiger partial charge in [0.05, 0.1) is 39.4 Å². The molecule has 0 aliphatic carbocycles. The summed E-state index contributed by atoms with van der Waals surface area (Å²) >= 11 is 7.55. The molecule has 1 amide bonds. The van der Waals surface area contributed by atoms with Gasteiger partial charge in [-0.2, -0.15) is 5.10 Å². The molecule has 0 spiro atoms. The second-order valence-corrected chi connectivity index (χ2v) is 6.86. The topological polar surface area (TPSA) is 71.8 Å². The Hall–Kier alpha value is -2.90. The molecule has 4 aromatic rings. The summed E-state index contributed by atoms with van der Waals surface area (Å²) in [5.74, 6) is -0.114. The van der Waals surface area contributed by atoms with E-state index in [1.165, 1.54) is 11.3 Å². The molecule has 8 heteroatoms. The molecule has 6 nitrogen and oxygen atoms in total. The van der Waals surface area contributed by atoms with Crippen molar-refractivity contribution in [3.8, 4) is 5.69 Å². The Morgan fingerprint density at radius 3 is 2.88 bits per heavy atom. The van der Waals surface area contributed by atoms with Crippen molar-refractivity contribution in [3.05, 3.63) is 64.1 Å². The van der Waals surface area contributed by atoms with Gasteiger partial charge in [0, 0.05) is 17.8 Å². The van der Waals surface area contributed by atoms with Gasteiger partial charge in [0.25, 0.3) is 5.91 Å². The van der Waals surface area contributed by atoms with E-state index in [0.29, 0.717) is 9.90 Å². The number of fused-ring (bicyclic) bond motifs is 1. The van der Waals surface area contributed by atoms with Gasteiger partial charge in [-0.25, -0.2) is 9.67 Å². The Kier molecular flexibility index (Phi) is 4.32. The van der Waals surface area contributed by atoms with E-state index in [0.717, 1.165) is 28.1 Å². The molecule has 4 rings (SSSR count). The smallest absolute Gasteiger partial charge is 0.261 e. The lowest BCUT2D eigenvalue weighted by atomic mass is 10.3. The lowest BCUT2D eigenvalue weighted by molar-refractivity contribution is 0.0967. The van der Waals surface area contributed by atoms with Gasteiger partial charge in [-0.3, -0.25) is 4.79 Å². The molecule has 0 saturated carbocycles. The van der Waals surface area contributed by atoms with Crippen LogP contribution in [-0.4, -0.2) is 27.7 Å². The maximum atomic E-state index is 11.7. The quantitative estimate of drug-likeness (QED) is 0.553. The van der Waals surface area contributed by atoms with Crippen LogP contribution in [0.4, 0.5) is 11.4 Å². The molecular formula is C18H14ClN5OS. The van der Waals surface area contributed by atoms with Crippen LogP contribution >= 0.6 is 22.9 Å². The predicted molar refractivity (Wildman–Crippen MR) is 105 cm³/mol. The molecule has 0 aliphatic rings. The zero-order valence-electron chi connectivity index (χ0n) is 13.7. The van der Waals surface area contributed by atoms with Crippen LogP contribution in [-0.2, 0) is 0 Å². The number of carbonyl (C=O) groups is 1.